The van der Waals surface area contributed by atoms with Crippen LogP contribution >= 0.6 is 0 Å². The maximum Gasteiger partial charge on any atom is 0.407 e. The van der Waals surface area contributed by atoms with E-state index < -0.39 is 18.2 Å². The zero-order chi connectivity index (χ0) is 46.2. The number of urea groups is 1. The van der Waals surface area contributed by atoms with Crippen molar-refractivity contribution in [2.24, 2.45) is 5.92 Å². The molecule has 15 heteroatoms. The summed E-state index contributed by atoms with van der Waals surface area (Å²) in [6.07, 6.45) is 4.43. The van der Waals surface area contributed by atoms with Crippen molar-refractivity contribution in [2.75, 3.05) is 46.5 Å². The predicted octanol–water partition coefficient (Wildman–Crippen LogP) is 8.42. The average Bonchev–Trinajstić information content (AvgIpc) is 4.21. The third kappa shape index (κ3) is 8.66. The van der Waals surface area contributed by atoms with E-state index >= 15 is 0 Å². The van der Waals surface area contributed by atoms with Gasteiger partial charge in [-0.3, -0.25) is 9.59 Å². The number of likely N-dealkylation sites (tertiary alicyclic amines) is 2. The number of imidazole rings is 2. The summed E-state index contributed by atoms with van der Waals surface area (Å²) in [5.41, 5.74) is 6.55. The minimum atomic E-state index is -0.830. The third-order valence-corrected chi connectivity index (χ3v) is 13.6. The monoisotopic (exact) mass is 901 g/mol. The van der Waals surface area contributed by atoms with E-state index in [1.54, 1.807) is 4.90 Å². The van der Waals surface area contributed by atoms with E-state index in [1.807, 2.05) is 66.2 Å². The molecular weight excluding hydrogens is 847 g/mol. The van der Waals surface area contributed by atoms with Crippen LogP contribution in [0, 0.1) is 5.92 Å². The second kappa shape index (κ2) is 18.6. The van der Waals surface area contributed by atoms with E-state index in [1.165, 1.54) is 7.11 Å². The Morgan fingerprint density at radius 3 is 2.07 bits per heavy atom. The van der Waals surface area contributed by atoms with E-state index in [0.717, 1.165) is 97.9 Å². The van der Waals surface area contributed by atoms with Crippen LogP contribution in [0.15, 0.2) is 103 Å². The van der Waals surface area contributed by atoms with Crippen LogP contribution in [0.25, 0.3) is 55.0 Å². The molecule has 5 heterocycles. The number of alkyl carbamates (subject to hydrolysis) is 1. The predicted molar refractivity (Wildman–Crippen MR) is 256 cm³/mol. The highest BCUT2D eigenvalue weighted by atomic mass is 16.5. The lowest BCUT2D eigenvalue weighted by Gasteiger charge is -2.32. The van der Waals surface area contributed by atoms with Crippen molar-refractivity contribution in [1.29, 1.82) is 0 Å². The number of nitrogens with zero attached hydrogens (tertiary/aromatic N) is 5. The topological polar surface area (TPSA) is 178 Å². The van der Waals surface area contributed by atoms with Crippen LogP contribution in [0.1, 0.15) is 74.9 Å². The average molecular weight is 902 g/mol. The van der Waals surface area contributed by atoms with Crippen molar-refractivity contribution in [3.8, 4) is 22.4 Å². The van der Waals surface area contributed by atoms with E-state index in [4.69, 9.17) is 19.4 Å². The van der Waals surface area contributed by atoms with Crippen molar-refractivity contribution < 1.29 is 28.7 Å². The molecule has 0 saturated carbocycles. The molecule has 0 aliphatic carbocycles. The summed E-state index contributed by atoms with van der Waals surface area (Å²) in [6.45, 7) is 6.90. The van der Waals surface area contributed by atoms with Gasteiger partial charge in [0.05, 0.1) is 55.3 Å². The molecule has 0 radical (unpaired) electrons. The normalized spacial score (nSPS) is 18.5. The van der Waals surface area contributed by atoms with E-state index in [-0.39, 0.29) is 35.8 Å². The number of nitrogens with one attached hydrogen (secondary N) is 4. The van der Waals surface area contributed by atoms with Crippen molar-refractivity contribution in [1.82, 2.24) is 45.3 Å². The van der Waals surface area contributed by atoms with Crippen LogP contribution < -0.4 is 10.6 Å². The van der Waals surface area contributed by atoms with Gasteiger partial charge in [0.25, 0.3) is 0 Å². The maximum absolute atomic E-state index is 14.4. The largest absolute Gasteiger partial charge is 0.453 e. The Kier molecular flexibility index (Phi) is 12.1. The van der Waals surface area contributed by atoms with E-state index in [9.17, 15) is 19.2 Å². The molecule has 3 saturated heterocycles. The molecular formula is C52H55N9O6. The number of benzene rings is 5. The van der Waals surface area contributed by atoms with Crippen LogP contribution in [0.3, 0.4) is 0 Å². The Morgan fingerprint density at radius 1 is 0.716 bits per heavy atom. The van der Waals surface area contributed by atoms with Gasteiger partial charge in [-0.15, -0.1) is 0 Å². The molecule has 5 amide bonds. The van der Waals surface area contributed by atoms with Gasteiger partial charge in [-0.1, -0.05) is 86.6 Å². The van der Waals surface area contributed by atoms with Gasteiger partial charge in [-0.2, -0.15) is 0 Å². The Bertz CT molecular complexity index is 2980. The van der Waals surface area contributed by atoms with Crippen LogP contribution in [0.2, 0.25) is 0 Å². The fraction of sp³-hybridized carbons (Fsp3) is 0.346. The molecule has 3 fully saturated rings. The van der Waals surface area contributed by atoms with Gasteiger partial charge < -0.3 is 44.8 Å². The first-order chi connectivity index (χ1) is 32.6. The summed E-state index contributed by atoms with van der Waals surface area (Å²) in [5.74, 6) is 1.06. The molecule has 344 valence electrons. The Balaban J connectivity index is 0.851. The molecule has 7 aromatic rings. The molecule has 3 aliphatic heterocycles. The van der Waals surface area contributed by atoms with Crippen molar-refractivity contribution >= 4 is 56.5 Å². The van der Waals surface area contributed by atoms with Crippen LogP contribution in [-0.2, 0) is 19.1 Å². The van der Waals surface area contributed by atoms with Crippen LogP contribution in [0.5, 0.6) is 0 Å². The second-order valence-electron chi connectivity index (χ2n) is 18.1. The molecule has 4 N–H and O–H groups in total. The van der Waals surface area contributed by atoms with Gasteiger partial charge in [0.2, 0.25) is 11.8 Å². The number of aromatic amines is 2. The molecule has 0 bridgehead atoms. The number of ether oxygens (including phenoxy) is 2. The number of H-pyrrole nitrogens is 2. The summed E-state index contributed by atoms with van der Waals surface area (Å²) in [5, 5.41) is 10.1. The lowest BCUT2D eigenvalue weighted by Crippen LogP contribution is -2.51. The third-order valence-electron chi connectivity index (χ3n) is 13.6. The Hall–Kier alpha value is -7.26. The first-order valence-corrected chi connectivity index (χ1v) is 23.3. The fourth-order valence-electron chi connectivity index (χ4n) is 10.00. The number of hydrogen-bond donors (Lipinski definition) is 4. The molecule has 67 heavy (non-hydrogen) atoms. The Morgan fingerprint density at radius 2 is 1.36 bits per heavy atom. The number of carbonyl (C=O) groups is 4. The van der Waals surface area contributed by atoms with Gasteiger partial charge in [0.15, 0.2) is 0 Å². The number of rotatable bonds is 10. The number of fused-ring (bicyclic) bond motifs is 4. The zero-order valence-electron chi connectivity index (χ0n) is 38.0. The second-order valence-corrected chi connectivity index (χ2v) is 18.1. The quantitative estimate of drug-likeness (QED) is 0.106. The molecule has 15 nitrogen and oxygen atoms in total. The number of amides is 5. The highest BCUT2D eigenvalue weighted by Gasteiger charge is 2.39. The van der Waals surface area contributed by atoms with Gasteiger partial charge in [0, 0.05) is 37.1 Å². The summed E-state index contributed by atoms with van der Waals surface area (Å²) in [6, 6.07) is 30.6. The minimum absolute atomic E-state index is 0.114. The number of methoxy groups -OCH3 is 1. The minimum Gasteiger partial charge on any atom is -0.453 e. The lowest BCUT2D eigenvalue weighted by molar-refractivity contribution is -0.135. The van der Waals surface area contributed by atoms with E-state index in [2.05, 4.69) is 81.3 Å². The van der Waals surface area contributed by atoms with Gasteiger partial charge in [-0.25, -0.2) is 19.6 Å². The fourth-order valence-corrected chi connectivity index (χ4v) is 10.00. The molecule has 10 rings (SSSR count). The van der Waals surface area contributed by atoms with Crippen molar-refractivity contribution in [3.63, 3.8) is 0 Å². The molecule has 4 atom stereocenters. The standard InChI is InChI=1S/C52H55N9O6/c1-31(2)44(58-52(65)66-3)49(62)61-22-8-12-43(61)48-54-40-20-18-37-28-36(17-19-39(37)46(40)56-48)33-13-14-35-29-38(16-15-34(35)27-33)41-30-53-47(55-41)42-11-7-21-60(42)50(63)45(32-9-5-4-6-10-32)57-51(64)59-23-25-67-26-24-59/h4-6,9-10,13-20,27-31,42-45H,7-8,11-12,21-26H2,1-3H3,(H,53,55)(H,54,56)(H,57,64)(H,58,65). The summed E-state index contributed by atoms with van der Waals surface area (Å²) in [4.78, 5) is 75.8. The van der Waals surface area contributed by atoms with Crippen molar-refractivity contribution in [3.05, 3.63) is 120 Å². The maximum atomic E-state index is 14.4. The molecule has 3 aliphatic rings. The number of hydrogen-bond acceptors (Lipinski definition) is 8. The first kappa shape index (κ1) is 43.6. The van der Waals surface area contributed by atoms with Gasteiger partial charge in [-0.05, 0) is 88.7 Å². The smallest absolute Gasteiger partial charge is 0.407 e. The Labute approximate surface area is 388 Å². The number of aromatic nitrogens is 4. The van der Waals surface area contributed by atoms with Crippen LogP contribution in [-0.4, -0.2) is 111 Å². The van der Waals surface area contributed by atoms with E-state index in [0.29, 0.717) is 39.4 Å². The van der Waals surface area contributed by atoms with Crippen LogP contribution in [0.4, 0.5) is 9.59 Å². The number of carbonyl (C=O) groups excluding carboxylic acids is 4. The molecule has 2 aromatic heterocycles. The molecule has 5 aromatic carbocycles. The highest BCUT2D eigenvalue weighted by molar-refractivity contribution is 6.06. The SMILES string of the molecule is COC(=O)NC(C(=O)N1CCCC1c1nc2ccc3cc(-c4ccc5cc(-c6cnc(C7CCCN7C(=O)C(NC(=O)N7CCOCC7)c7ccccc7)[nH]6)ccc5c4)ccc3c2[nH]1)C(C)C. The summed E-state index contributed by atoms with van der Waals surface area (Å²) in [7, 11) is 1.30. The zero-order valence-corrected chi connectivity index (χ0v) is 38.0. The summed E-state index contributed by atoms with van der Waals surface area (Å²) >= 11 is 0. The first-order valence-electron chi connectivity index (χ1n) is 23.3. The number of morpholine rings is 1. The van der Waals surface area contributed by atoms with Crippen molar-refractivity contribution in [2.45, 2.75) is 63.7 Å². The molecule has 0 spiro atoms. The van der Waals surface area contributed by atoms with Gasteiger partial charge >= 0.3 is 12.1 Å². The molecule has 4 unspecified atom stereocenters. The van der Waals surface area contributed by atoms with Gasteiger partial charge in [0.1, 0.15) is 23.7 Å². The lowest BCUT2D eigenvalue weighted by atomic mass is 9.97. The highest BCUT2D eigenvalue weighted by Crippen LogP contribution is 2.37. The summed E-state index contributed by atoms with van der Waals surface area (Å²) < 4.78 is 10.2.